The van der Waals surface area contributed by atoms with Gasteiger partial charge in [0.2, 0.25) is 0 Å². The third kappa shape index (κ3) is 4.58. The van der Waals surface area contributed by atoms with E-state index in [1.807, 2.05) is 20.8 Å². The van der Waals surface area contributed by atoms with Gasteiger partial charge in [0.15, 0.2) is 5.78 Å². The molecule has 0 aromatic heterocycles. The molecule has 0 spiro atoms. The summed E-state index contributed by atoms with van der Waals surface area (Å²) in [6, 6.07) is 2.85. The third-order valence-corrected chi connectivity index (χ3v) is 2.78. The molecule has 19 heavy (non-hydrogen) atoms. The van der Waals surface area contributed by atoms with Crippen LogP contribution in [0.5, 0.6) is 0 Å². The van der Waals surface area contributed by atoms with Crippen molar-refractivity contribution in [3.63, 3.8) is 0 Å². The number of Topliss-reactive ketones (excluding diaryl/α,β-unsaturated/α-hetero) is 1. The van der Waals surface area contributed by atoms with Gasteiger partial charge in [-0.15, -0.1) is 0 Å². The highest BCUT2D eigenvalue weighted by Crippen LogP contribution is 2.32. The van der Waals surface area contributed by atoms with Gasteiger partial charge >= 0.3 is 6.18 Å². The average Bonchev–Trinajstić information content (AvgIpc) is 2.24. The maximum absolute atomic E-state index is 12.6. The van der Waals surface area contributed by atoms with E-state index >= 15 is 0 Å². The molecule has 0 aliphatic heterocycles. The van der Waals surface area contributed by atoms with Gasteiger partial charge in [-0.2, -0.15) is 13.2 Å². The van der Waals surface area contributed by atoms with Gasteiger partial charge in [0.1, 0.15) is 0 Å². The highest BCUT2D eigenvalue weighted by atomic mass is 19.4. The summed E-state index contributed by atoms with van der Waals surface area (Å²) >= 11 is 0. The Morgan fingerprint density at radius 3 is 2.26 bits per heavy atom. The zero-order chi connectivity index (χ0) is 14.8. The molecule has 0 aliphatic carbocycles. The SMILES string of the molecule is CC(C)(C)CCC(=O)c1cc(C(F)(F)F)ccc1N. The van der Waals surface area contributed by atoms with Crippen LogP contribution in [0.15, 0.2) is 18.2 Å². The van der Waals surface area contributed by atoms with Crippen molar-refractivity contribution < 1.29 is 18.0 Å². The fourth-order valence-electron chi connectivity index (χ4n) is 1.60. The minimum atomic E-state index is -4.47. The minimum Gasteiger partial charge on any atom is -0.398 e. The summed E-state index contributed by atoms with van der Waals surface area (Å²) in [6.07, 6.45) is -3.68. The Morgan fingerprint density at radius 2 is 1.79 bits per heavy atom. The molecule has 0 unspecified atom stereocenters. The smallest absolute Gasteiger partial charge is 0.398 e. The molecule has 0 bridgehead atoms. The van der Waals surface area contributed by atoms with Crippen molar-refractivity contribution in [2.24, 2.45) is 5.41 Å². The summed E-state index contributed by atoms with van der Waals surface area (Å²) in [5.41, 5.74) is 4.74. The van der Waals surface area contributed by atoms with Crippen LogP contribution in [-0.4, -0.2) is 5.78 Å². The molecule has 0 saturated carbocycles. The highest BCUT2D eigenvalue weighted by Gasteiger charge is 2.31. The molecule has 0 amide bonds. The summed E-state index contributed by atoms with van der Waals surface area (Å²) in [5.74, 6) is -0.349. The van der Waals surface area contributed by atoms with Crippen LogP contribution in [-0.2, 0) is 6.18 Å². The zero-order valence-electron chi connectivity index (χ0n) is 11.3. The number of alkyl halides is 3. The number of hydrogen-bond acceptors (Lipinski definition) is 2. The number of nitrogens with two attached hydrogens (primary N) is 1. The molecule has 0 fully saturated rings. The first-order valence-electron chi connectivity index (χ1n) is 6.00. The molecule has 1 aromatic carbocycles. The van der Waals surface area contributed by atoms with Crippen LogP contribution in [0.4, 0.5) is 18.9 Å². The normalized spacial score (nSPS) is 12.5. The Kier molecular flexibility index (Phi) is 4.28. The Hall–Kier alpha value is -1.52. The average molecular weight is 273 g/mol. The molecule has 2 nitrogen and oxygen atoms in total. The molecule has 1 aromatic rings. The second kappa shape index (κ2) is 5.23. The maximum Gasteiger partial charge on any atom is 0.416 e. The van der Waals surface area contributed by atoms with Crippen LogP contribution in [0.3, 0.4) is 0 Å². The predicted molar refractivity (Wildman–Crippen MR) is 68.9 cm³/mol. The fourth-order valence-corrected chi connectivity index (χ4v) is 1.60. The Labute approximate surface area is 110 Å². The number of hydrogen-bond donors (Lipinski definition) is 1. The van der Waals surface area contributed by atoms with Crippen LogP contribution < -0.4 is 5.73 Å². The van der Waals surface area contributed by atoms with Gasteiger partial charge in [0, 0.05) is 17.7 Å². The van der Waals surface area contributed by atoms with E-state index in [2.05, 4.69) is 0 Å². The molecular weight excluding hydrogens is 255 g/mol. The molecule has 106 valence electrons. The number of benzene rings is 1. The van der Waals surface area contributed by atoms with Crippen molar-refractivity contribution in [3.8, 4) is 0 Å². The second-order valence-corrected chi connectivity index (χ2v) is 5.78. The molecule has 0 saturated heterocycles. The first kappa shape index (κ1) is 15.5. The van der Waals surface area contributed by atoms with Crippen LogP contribution in [0.2, 0.25) is 0 Å². The van der Waals surface area contributed by atoms with Crippen LogP contribution in [0, 0.1) is 5.41 Å². The summed E-state index contributed by atoms with van der Waals surface area (Å²) in [4.78, 5) is 11.9. The van der Waals surface area contributed by atoms with E-state index in [1.165, 1.54) is 0 Å². The van der Waals surface area contributed by atoms with E-state index < -0.39 is 11.7 Å². The molecule has 0 radical (unpaired) electrons. The molecule has 0 heterocycles. The molecular formula is C14H18F3NO. The van der Waals surface area contributed by atoms with Gasteiger partial charge in [-0.25, -0.2) is 0 Å². The van der Waals surface area contributed by atoms with E-state index in [0.29, 0.717) is 6.42 Å². The quantitative estimate of drug-likeness (QED) is 0.659. The van der Waals surface area contributed by atoms with E-state index in [9.17, 15) is 18.0 Å². The molecule has 1 rings (SSSR count). The second-order valence-electron chi connectivity index (χ2n) is 5.78. The molecule has 0 atom stereocenters. The van der Waals surface area contributed by atoms with Crippen molar-refractivity contribution in [2.75, 3.05) is 5.73 Å². The lowest BCUT2D eigenvalue weighted by Crippen LogP contribution is -2.12. The number of carbonyl (C=O) groups is 1. The molecule has 0 aliphatic rings. The summed E-state index contributed by atoms with van der Waals surface area (Å²) in [5, 5.41) is 0. The van der Waals surface area contributed by atoms with Gasteiger partial charge in [-0.1, -0.05) is 20.8 Å². The lowest BCUT2D eigenvalue weighted by molar-refractivity contribution is -0.137. The number of halogens is 3. The first-order valence-corrected chi connectivity index (χ1v) is 6.00. The third-order valence-electron chi connectivity index (χ3n) is 2.78. The highest BCUT2D eigenvalue weighted by molar-refractivity contribution is 6.00. The number of anilines is 1. The van der Waals surface area contributed by atoms with Crippen molar-refractivity contribution in [3.05, 3.63) is 29.3 Å². The van der Waals surface area contributed by atoms with E-state index in [-0.39, 0.29) is 28.9 Å². The lowest BCUT2D eigenvalue weighted by Gasteiger charge is -2.17. The van der Waals surface area contributed by atoms with Crippen LogP contribution >= 0.6 is 0 Å². The van der Waals surface area contributed by atoms with Gasteiger partial charge < -0.3 is 5.73 Å². The summed E-state index contributed by atoms with van der Waals surface area (Å²) < 4.78 is 37.8. The Bertz CT molecular complexity index is 473. The molecule has 5 heteroatoms. The minimum absolute atomic E-state index is 0.0425. The Morgan fingerprint density at radius 1 is 1.21 bits per heavy atom. The van der Waals surface area contributed by atoms with E-state index in [4.69, 9.17) is 5.73 Å². The van der Waals surface area contributed by atoms with Crippen molar-refractivity contribution in [1.82, 2.24) is 0 Å². The van der Waals surface area contributed by atoms with Gasteiger partial charge in [0.05, 0.1) is 5.56 Å². The molecule has 2 N–H and O–H groups in total. The monoisotopic (exact) mass is 273 g/mol. The Balaban J connectivity index is 2.97. The van der Waals surface area contributed by atoms with Gasteiger partial charge in [-0.05, 0) is 30.0 Å². The largest absolute Gasteiger partial charge is 0.416 e. The number of ketones is 1. The van der Waals surface area contributed by atoms with E-state index in [0.717, 1.165) is 18.2 Å². The zero-order valence-corrected chi connectivity index (χ0v) is 11.3. The summed E-state index contributed by atoms with van der Waals surface area (Å²) in [7, 11) is 0. The lowest BCUT2D eigenvalue weighted by atomic mass is 9.88. The van der Waals surface area contributed by atoms with Crippen LogP contribution in [0.25, 0.3) is 0 Å². The fraction of sp³-hybridized carbons (Fsp3) is 0.500. The standard InChI is InChI=1S/C14H18F3NO/c1-13(2,3)7-6-12(19)10-8-9(14(15,16)17)4-5-11(10)18/h4-5,8H,6-7,18H2,1-3H3. The number of rotatable bonds is 3. The van der Waals surface area contributed by atoms with Gasteiger partial charge in [0.25, 0.3) is 0 Å². The van der Waals surface area contributed by atoms with Crippen molar-refractivity contribution in [2.45, 2.75) is 39.8 Å². The van der Waals surface area contributed by atoms with Gasteiger partial charge in [-0.3, -0.25) is 4.79 Å². The number of carbonyl (C=O) groups excluding carboxylic acids is 1. The summed E-state index contributed by atoms with van der Waals surface area (Å²) in [6.45, 7) is 5.90. The maximum atomic E-state index is 12.6. The predicted octanol–water partition coefficient (Wildman–Crippen LogP) is 4.30. The van der Waals surface area contributed by atoms with Crippen LogP contribution in [0.1, 0.15) is 49.5 Å². The van der Waals surface area contributed by atoms with Crippen molar-refractivity contribution in [1.29, 1.82) is 0 Å². The first-order chi connectivity index (χ1) is 8.50. The topological polar surface area (TPSA) is 43.1 Å². The number of nitrogen functional groups attached to an aromatic ring is 1. The van der Waals surface area contributed by atoms with Crippen molar-refractivity contribution >= 4 is 11.5 Å². The van der Waals surface area contributed by atoms with E-state index in [1.54, 1.807) is 0 Å².